The van der Waals surface area contributed by atoms with E-state index in [1.165, 1.54) is 17.5 Å². The lowest BCUT2D eigenvalue weighted by Crippen LogP contribution is -2.45. The second-order valence-electron chi connectivity index (χ2n) is 6.13. The summed E-state index contributed by atoms with van der Waals surface area (Å²) in [7, 11) is 0. The fourth-order valence-electron chi connectivity index (χ4n) is 2.96. The van der Waals surface area contributed by atoms with Crippen molar-refractivity contribution in [1.29, 1.82) is 0 Å². The number of rotatable bonds is 5. The molecule has 3 rings (SSSR count). The molecule has 23 heavy (non-hydrogen) atoms. The van der Waals surface area contributed by atoms with Crippen LogP contribution in [0.15, 0.2) is 36.9 Å². The summed E-state index contributed by atoms with van der Waals surface area (Å²) < 4.78 is 1.57. The van der Waals surface area contributed by atoms with Gasteiger partial charge in [-0.15, -0.1) is 0 Å². The van der Waals surface area contributed by atoms with Crippen LogP contribution in [0.2, 0.25) is 0 Å². The molecule has 6 nitrogen and oxygen atoms in total. The third kappa shape index (κ3) is 3.59. The van der Waals surface area contributed by atoms with Crippen LogP contribution in [0.4, 0.5) is 0 Å². The number of amides is 1. The van der Waals surface area contributed by atoms with E-state index >= 15 is 0 Å². The molecule has 2 aromatic rings. The quantitative estimate of drug-likeness (QED) is 0.906. The van der Waals surface area contributed by atoms with E-state index in [2.05, 4.69) is 51.5 Å². The van der Waals surface area contributed by atoms with Crippen LogP contribution < -0.4 is 5.32 Å². The van der Waals surface area contributed by atoms with Crippen molar-refractivity contribution in [3.63, 3.8) is 0 Å². The maximum atomic E-state index is 12.2. The van der Waals surface area contributed by atoms with Gasteiger partial charge < -0.3 is 5.32 Å². The van der Waals surface area contributed by atoms with Crippen molar-refractivity contribution >= 4 is 5.91 Å². The van der Waals surface area contributed by atoms with Crippen LogP contribution in [0.3, 0.4) is 0 Å². The number of carbonyl (C=O) groups excluding carboxylic acids is 1. The second-order valence-corrected chi connectivity index (χ2v) is 6.13. The number of benzene rings is 1. The van der Waals surface area contributed by atoms with E-state index in [1.54, 1.807) is 11.0 Å². The predicted octanol–water partition coefficient (Wildman–Crippen LogP) is 1.40. The molecule has 0 saturated carbocycles. The first-order valence-electron chi connectivity index (χ1n) is 8.08. The van der Waals surface area contributed by atoms with E-state index in [9.17, 15) is 4.79 Å². The van der Waals surface area contributed by atoms with Gasteiger partial charge in [-0.25, -0.2) is 9.67 Å². The first-order valence-corrected chi connectivity index (χ1v) is 8.08. The number of nitrogens with zero attached hydrogens (tertiary/aromatic N) is 4. The molecular formula is C17H23N5O. The zero-order chi connectivity index (χ0) is 16.2. The van der Waals surface area contributed by atoms with Gasteiger partial charge in [-0.3, -0.25) is 9.69 Å². The van der Waals surface area contributed by atoms with Gasteiger partial charge in [0.15, 0.2) is 0 Å². The van der Waals surface area contributed by atoms with Gasteiger partial charge in [-0.05, 0) is 31.4 Å². The molecule has 2 heterocycles. The van der Waals surface area contributed by atoms with Crippen LogP contribution in [0, 0.1) is 0 Å². The molecule has 0 saturated heterocycles. The Morgan fingerprint density at radius 2 is 2.09 bits per heavy atom. The normalized spacial score (nSPS) is 17.3. The van der Waals surface area contributed by atoms with E-state index in [0.717, 1.165) is 19.5 Å². The number of hydrogen-bond acceptors (Lipinski definition) is 4. The molecule has 0 unspecified atom stereocenters. The van der Waals surface area contributed by atoms with Crippen LogP contribution in [-0.4, -0.2) is 44.7 Å². The highest BCUT2D eigenvalue weighted by Crippen LogP contribution is 2.20. The molecule has 0 spiro atoms. The Bertz CT molecular complexity index is 655. The molecule has 1 amide bonds. The number of nitrogens with one attached hydrogen (secondary N) is 1. The van der Waals surface area contributed by atoms with E-state index in [-0.39, 0.29) is 11.9 Å². The minimum absolute atomic E-state index is 0.0280. The molecule has 1 aromatic heterocycles. The molecule has 1 aliphatic rings. The van der Waals surface area contributed by atoms with Crippen molar-refractivity contribution in [3.8, 4) is 0 Å². The third-order valence-electron chi connectivity index (χ3n) is 4.57. The van der Waals surface area contributed by atoms with Crippen LogP contribution in [0.1, 0.15) is 31.0 Å². The molecule has 0 aliphatic carbocycles. The Balaban J connectivity index is 1.52. The highest BCUT2D eigenvalue weighted by Gasteiger charge is 2.22. The third-order valence-corrected chi connectivity index (χ3v) is 4.57. The summed E-state index contributed by atoms with van der Waals surface area (Å²) in [5.41, 5.74) is 2.84. The zero-order valence-corrected chi connectivity index (χ0v) is 13.6. The van der Waals surface area contributed by atoms with E-state index in [0.29, 0.717) is 12.6 Å². The molecule has 1 aliphatic heterocycles. The molecule has 6 heteroatoms. The van der Waals surface area contributed by atoms with Gasteiger partial charge in [-0.2, -0.15) is 5.10 Å². The summed E-state index contributed by atoms with van der Waals surface area (Å²) in [6.07, 6.45) is 4.08. The Hall–Kier alpha value is -2.21. The summed E-state index contributed by atoms with van der Waals surface area (Å²) in [6.45, 7) is 6.61. The van der Waals surface area contributed by atoms with Crippen LogP contribution in [-0.2, 0) is 17.8 Å². The first kappa shape index (κ1) is 15.7. The summed E-state index contributed by atoms with van der Waals surface area (Å²) in [4.78, 5) is 18.5. The molecule has 1 N–H and O–H groups in total. The number of fused-ring (bicyclic) bond motifs is 1. The minimum atomic E-state index is -0.341. The van der Waals surface area contributed by atoms with Crippen molar-refractivity contribution in [2.45, 2.75) is 38.9 Å². The topological polar surface area (TPSA) is 63.1 Å². The Kier molecular flexibility index (Phi) is 4.71. The average Bonchev–Trinajstić information content (AvgIpc) is 3.12. The van der Waals surface area contributed by atoms with Crippen LogP contribution in [0.5, 0.6) is 0 Å². The lowest BCUT2D eigenvalue weighted by molar-refractivity contribution is -0.124. The SMILES string of the molecule is C[C@H](CNC(=O)[C@H](C)n1cncn1)N1CCc2ccccc2C1. The molecular weight excluding hydrogens is 290 g/mol. The van der Waals surface area contributed by atoms with Crippen molar-refractivity contribution in [2.24, 2.45) is 0 Å². The van der Waals surface area contributed by atoms with Gasteiger partial charge in [0, 0.05) is 25.7 Å². The van der Waals surface area contributed by atoms with Gasteiger partial charge in [0.2, 0.25) is 5.91 Å². The van der Waals surface area contributed by atoms with E-state index in [1.807, 2.05) is 6.92 Å². The highest BCUT2D eigenvalue weighted by atomic mass is 16.2. The second kappa shape index (κ2) is 6.91. The Morgan fingerprint density at radius 3 is 2.83 bits per heavy atom. The lowest BCUT2D eigenvalue weighted by atomic mass is 9.99. The van der Waals surface area contributed by atoms with E-state index < -0.39 is 0 Å². The number of hydrogen-bond donors (Lipinski definition) is 1. The molecule has 122 valence electrons. The van der Waals surface area contributed by atoms with Crippen LogP contribution in [0.25, 0.3) is 0 Å². The predicted molar refractivity (Wildman–Crippen MR) is 87.8 cm³/mol. The van der Waals surface area contributed by atoms with Crippen molar-refractivity contribution in [3.05, 3.63) is 48.0 Å². The summed E-state index contributed by atoms with van der Waals surface area (Å²) in [5.74, 6) is -0.0280. The summed E-state index contributed by atoms with van der Waals surface area (Å²) in [6, 6.07) is 8.55. The van der Waals surface area contributed by atoms with Gasteiger partial charge in [0.1, 0.15) is 18.7 Å². The number of aromatic nitrogens is 3. The Morgan fingerprint density at radius 1 is 1.30 bits per heavy atom. The molecule has 0 radical (unpaired) electrons. The molecule has 1 aromatic carbocycles. The van der Waals surface area contributed by atoms with Gasteiger partial charge in [0.05, 0.1) is 0 Å². The van der Waals surface area contributed by atoms with Crippen molar-refractivity contribution in [1.82, 2.24) is 25.0 Å². The molecule has 2 atom stereocenters. The molecule has 0 bridgehead atoms. The zero-order valence-electron chi connectivity index (χ0n) is 13.6. The lowest BCUT2D eigenvalue weighted by Gasteiger charge is -2.34. The smallest absolute Gasteiger partial charge is 0.244 e. The molecule has 0 fully saturated rings. The van der Waals surface area contributed by atoms with Crippen molar-refractivity contribution < 1.29 is 4.79 Å². The maximum Gasteiger partial charge on any atom is 0.244 e. The van der Waals surface area contributed by atoms with Crippen LogP contribution >= 0.6 is 0 Å². The monoisotopic (exact) mass is 313 g/mol. The van der Waals surface area contributed by atoms with Gasteiger partial charge >= 0.3 is 0 Å². The fraction of sp³-hybridized carbons (Fsp3) is 0.471. The fourth-order valence-corrected chi connectivity index (χ4v) is 2.96. The first-order chi connectivity index (χ1) is 11.1. The van der Waals surface area contributed by atoms with Gasteiger partial charge in [-0.1, -0.05) is 24.3 Å². The van der Waals surface area contributed by atoms with Gasteiger partial charge in [0.25, 0.3) is 0 Å². The largest absolute Gasteiger partial charge is 0.353 e. The maximum absolute atomic E-state index is 12.2. The van der Waals surface area contributed by atoms with E-state index in [4.69, 9.17) is 0 Å². The van der Waals surface area contributed by atoms with Crippen molar-refractivity contribution in [2.75, 3.05) is 13.1 Å². The average molecular weight is 313 g/mol. The highest BCUT2D eigenvalue weighted by molar-refractivity contribution is 5.79. The summed E-state index contributed by atoms with van der Waals surface area (Å²) in [5, 5.41) is 7.04. The number of carbonyl (C=O) groups is 1. The Labute approximate surface area is 136 Å². The summed E-state index contributed by atoms with van der Waals surface area (Å²) >= 11 is 0. The standard InChI is InChI=1S/C17H23N5O/c1-13(9-19-17(23)14(2)22-12-18-11-20-22)21-8-7-15-5-3-4-6-16(15)10-21/h3-6,11-14H,7-10H2,1-2H3,(H,19,23)/t13-,14+/m1/s1. The minimum Gasteiger partial charge on any atom is -0.353 e.